The van der Waals surface area contributed by atoms with Gasteiger partial charge in [0.2, 0.25) is 10.0 Å². The standard InChI is InChI=1S/C19H23BN2O3S/c1-14-8-10-17(11-9-14)26(24,25)22-13-16-12-19(16,21-20(2)23)18(22)15-6-4-3-5-7-15/h3-11,16,18,21,23H,12-13H2,1-2H3. The van der Waals surface area contributed by atoms with Gasteiger partial charge in [0, 0.05) is 12.1 Å². The number of hydrogen-bond donors (Lipinski definition) is 2. The SMILES string of the molecule is CB(O)NC12CC1CN(S(=O)(=O)c1ccc(C)cc1)C2c1ccccc1. The molecule has 0 aromatic heterocycles. The lowest BCUT2D eigenvalue weighted by molar-refractivity contribution is 0.316. The van der Waals surface area contributed by atoms with Crippen LogP contribution in [0.3, 0.4) is 0 Å². The minimum atomic E-state index is -3.62. The zero-order valence-electron chi connectivity index (χ0n) is 15.0. The fourth-order valence-electron chi connectivity index (χ4n) is 4.32. The molecule has 0 radical (unpaired) electrons. The maximum absolute atomic E-state index is 13.4. The van der Waals surface area contributed by atoms with Gasteiger partial charge in [-0.3, -0.25) is 0 Å². The summed E-state index contributed by atoms with van der Waals surface area (Å²) in [7, 11) is -4.30. The first-order valence-corrected chi connectivity index (χ1v) is 10.4. The van der Waals surface area contributed by atoms with Crippen LogP contribution in [0.1, 0.15) is 23.6 Å². The molecule has 0 bridgehead atoms. The zero-order valence-corrected chi connectivity index (χ0v) is 15.8. The van der Waals surface area contributed by atoms with Gasteiger partial charge in [-0.1, -0.05) is 48.0 Å². The van der Waals surface area contributed by atoms with Crippen LogP contribution in [0, 0.1) is 12.8 Å². The molecule has 1 heterocycles. The molecule has 3 unspecified atom stereocenters. The summed E-state index contributed by atoms with van der Waals surface area (Å²) in [6, 6.07) is 16.4. The summed E-state index contributed by atoms with van der Waals surface area (Å²) in [6.07, 6.45) is 0.872. The lowest BCUT2D eigenvalue weighted by Crippen LogP contribution is -2.48. The Morgan fingerprint density at radius 1 is 1.15 bits per heavy atom. The molecule has 1 aliphatic carbocycles. The van der Waals surface area contributed by atoms with Crippen LogP contribution in [0.4, 0.5) is 0 Å². The van der Waals surface area contributed by atoms with Crippen LogP contribution in [-0.2, 0) is 10.0 Å². The number of benzene rings is 2. The Labute approximate surface area is 155 Å². The van der Waals surface area contributed by atoms with Crippen molar-refractivity contribution < 1.29 is 13.4 Å². The number of rotatable bonds is 5. The summed E-state index contributed by atoms with van der Waals surface area (Å²) < 4.78 is 28.3. The number of nitrogens with one attached hydrogen (secondary N) is 1. The molecule has 2 aliphatic rings. The first kappa shape index (κ1) is 17.7. The average Bonchev–Trinajstić information content (AvgIpc) is 3.18. The average molecular weight is 370 g/mol. The third kappa shape index (κ3) is 2.79. The van der Waals surface area contributed by atoms with Gasteiger partial charge >= 0.3 is 7.05 Å². The summed E-state index contributed by atoms with van der Waals surface area (Å²) in [5.41, 5.74) is 1.59. The topological polar surface area (TPSA) is 69.6 Å². The summed E-state index contributed by atoms with van der Waals surface area (Å²) in [4.78, 5) is 0.317. The minimum Gasteiger partial charge on any atom is -0.437 e. The quantitative estimate of drug-likeness (QED) is 0.792. The lowest BCUT2D eigenvalue weighted by atomic mass is 9.83. The largest absolute Gasteiger partial charge is 0.437 e. The van der Waals surface area contributed by atoms with Gasteiger partial charge in [-0.05, 0) is 43.8 Å². The molecule has 2 aromatic rings. The molecule has 4 rings (SSSR count). The van der Waals surface area contributed by atoms with E-state index in [0.717, 1.165) is 17.5 Å². The Bertz CT molecular complexity index is 902. The molecular weight excluding hydrogens is 347 g/mol. The van der Waals surface area contributed by atoms with Crippen LogP contribution < -0.4 is 5.23 Å². The van der Waals surface area contributed by atoms with Crippen molar-refractivity contribution in [3.05, 3.63) is 65.7 Å². The van der Waals surface area contributed by atoms with Crippen LogP contribution in [0.5, 0.6) is 0 Å². The summed E-state index contributed by atoms with van der Waals surface area (Å²) >= 11 is 0. The van der Waals surface area contributed by atoms with Crippen molar-refractivity contribution in [3.8, 4) is 0 Å². The molecular formula is C19H23BN2O3S. The summed E-state index contributed by atoms with van der Waals surface area (Å²) in [5, 5.41) is 13.2. The highest BCUT2D eigenvalue weighted by atomic mass is 32.2. The van der Waals surface area contributed by atoms with Crippen LogP contribution >= 0.6 is 0 Å². The maximum Gasteiger partial charge on any atom is 0.374 e. The van der Waals surface area contributed by atoms with Gasteiger partial charge in [0.05, 0.1) is 10.9 Å². The molecule has 7 heteroatoms. The van der Waals surface area contributed by atoms with Crippen LogP contribution in [-0.4, -0.2) is 36.9 Å². The van der Waals surface area contributed by atoms with Crippen molar-refractivity contribution in [2.45, 2.75) is 36.6 Å². The Balaban J connectivity index is 1.77. The van der Waals surface area contributed by atoms with Gasteiger partial charge in [-0.2, -0.15) is 4.31 Å². The molecule has 3 atom stereocenters. The van der Waals surface area contributed by atoms with Crippen molar-refractivity contribution in [1.29, 1.82) is 0 Å². The molecule has 2 aromatic carbocycles. The van der Waals surface area contributed by atoms with E-state index in [-0.39, 0.29) is 12.0 Å². The monoisotopic (exact) mass is 370 g/mol. The Kier molecular flexibility index (Phi) is 4.23. The predicted molar refractivity (Wildman–Crippen MR) is 102 cm³/mol. The highest BCUT2D eigenvalue weighted by Gasteiger charge is 2.68. The van der Waals surface area contributed by atoms with E-state index in [1.807, 2.05) is 49.4 Å². The summed E-state index contributed by atoms with van der Waals surface area (Å²) in [6.45, 7) is 4.09. The van der Waals surface area contributed by atoms with Crippen LogP contribution in [0.25, 0.3) is 0 Å². The maximum atomic E-state index is 13.4. The van der Waals surface area contributed by atoms with E-state index in [1.165, 1.54) is 0 Å². The van der Waals surface area contributed by atoms with Gasteiger partial charge in [-0.15, -0.1) is 0 Å². The van der Waals surface area contributed by atoms with E-state index in [4.69, 9.17) is 0 Å². The van der Waals surface area contributed by atoms with Crippen molar-refractivity contribution in [2.75, 3.05) is 6.54 Å². The van der Waals surface area contributed by atoms with E-state index >= 15 is 0 Å². The summed E-state index contributed by atoms with van der Waals surface area (Å²) in [5.74, 6) is 0.211. The van der Waals surface area contributed by atoms with E-state index in [9.17, 15) is 13.4 Å². The second-order valence-electron chi connectivity index (χ2n) is 7.46. The van der Waals surface area contributed by atoms with E-state index in [1.54, 1.807) is 23.3 Å². The van der Waals surface area contributed by atoms with Gasteiger partial charge in [0.25, 0.3) is 0 Å². The number of piperidine rings is 1. The zero-order chi connectivity index (χ0) is 18.5. The molecule has 2 N–H and O–H groups in total. The number of nitrogens with zero attached hydrogens (tertiary/aromatic N) is 1. The second-order valence-corrected chi connectivity index (χ2v) is 9.35. The highest BCUT2D eigenvalue weighted by Crippen LogP contribution is 2.61. The van der Waals surface area contributed by atoms with Crippen molar-refractivity contribution in [3.63, 3.8) is 0 Å². The fourth-order valence-corrected chi connectivity index (χ4v) is 6.03. The lowest BCUT2D eigenvalue weighted by Gasteiger charge is -2.33. The molecule has 1 aliphatic heterocycles. The Hall–Kier alpha value is -1.67. The number of hydrogen-bond acceptors (Lipinski definition) is 4. The minimum absolute atomic E-state index is 0.211. The molecule has 136 valence electrons. The first-order valence-electron chi connectivity index (χ1n) is 8.94. The number of fused-ring (bicyclic) bond motifs is 1. The van der Waals surface area contributed by atoms with Crippen molar-refractivity contribution >= 4 is 17.1 Å². The predicted octanol–water partition coefficient (Wildman–Crippen LogP) is 2.20. The van der Waals surface area contributed by atoms with Gasteiger partial charge in [0.15, 0.2) is 0 Å². The third-order valence-electron chi connectivity index (χ3n) is 5.55. The van der Waals surface area contributed by atoms with Crippen molar-refractivity contribution in [1.82, 2.24) is 9.53 Å². The molecule has 2 fully saturated rings. The van der Waals surface area contributed by atoms with E-state index in [0.29, 0.717) is 11.4 Å². The third-order valence-corrected chi connectivity index (χ3v) is 7.39. The molecule has 1 saturated heterocycles. The fraction of sp³-hybridized carbons (Fsp3) is 0.368. The molecule has 1 saturated carbocycles. The number of aryl methyl sites for hydroxylation is 1. The van der Waals surface area contributed by atoms with E-state index < -0.39 is 22.6 Å². The van der Waals surface area contributed by atoms with Crippen LogP contribution in [0.15, 0.2) is 59.5 Å². The van der Waals surface area contributed by atoms with Crippen LogP contribution in [0.2, 0.25) is 6.82 Å². The Morgan fingerprint density at radius 2 is 1.81 bits per heavy atom. The molecule has 5 nitrogen and oxygen atoms in total. The molecule has 0 amide bonds. The first-order chi connectivity index (χ1) is 12.3. The normalized spacial score (nSPS) is 28.0. The van der Waals surface area contributed by atoms with Crippen molar-refractivity contribution in [2.24, 2.45) is 5.92 Å². The van der Waals surface area contributed by atoms with Gasteiger partial charge in [-0.25, -0.2) is 8.42 Å². The second kappa shape index (κ2) is 6.20. The van der Waals surface area contributed by atoms with Gasteiger partial charge in [0.1, 0.15) is 0 Å². The number of sulfonamides is 1. The Morgan fingerprint density at radius 3 is 2.42 bits per heavy atom. The highest BCUT2D eigenvalue weighted by molar-refractivity contribution is 7.89. The van der Waals surface area contributed by atoms with E-state index in [2.05, 4.69) is 5.23 Å². The molecule has 26 heavy (non-hydrogen) atoms. The van der Waals surface area contributed by atoms with Gasteiger partial charge < -0.3 is 10.3 Å². The molecule has 0 spiro atoms. The smallest absolute Gasteiger partial charge is 0.374 e.